The molecule has 66 valence electrons. The fourth-order valence-corrected chi connectivity index (χ4v) is 1.75. The van der Waals surface area contributed by atoms with Crippen molar-refractivity contribution in [2.45, 2.75) is 13.8 Å². The molecule has 13 heavy (non-hydrogen) atoms. The molecule has 0 saturated heterocycles. The van der Waals surface area contributed by atoms with Gasteiger partial charge in [-0.05, 0) is 41.8 Å². The Labute approximate surface area is 77.0 Å². The molecule has 2 rings (SSSR count). The molecule has 0 saturated carbocycles. The van der Waals surface area contributed by atoms with Gasteiger partial charge in [0.15, 0.2) is 0 Å². The Balaban J connectivity index is 2.97. The van der Waals surface area contributed by atoms with Gasteiger partial charge in [0.2, 0.25) is 0 Å². The SMILES string of the molecule is Cc1cccc2ccc(F)c(C)c12. The largest absolute Gasteiger partial charge is 0.207 e. The van der Waals surface area contributed by atoms with Crippen LogP contribution in [0.4, 0.5) is 4.39 Å². The first kappa shape index (κ1) is 8.24. The summed E-state index contributed by atoms with van der Waals surface area (Å²) in [5, 5.41) is 2.15. The van der Waals surface area contributed by atoms with Crippen molar-refractivity contribution in [3.8, 4) is 0 Å². The summed E-state index contributed by atoms with van der Waals surface area (Å²) in [4.78, 5) is 0. The van der Waals surface area contributed by atoms with Crippen LogP contribution in [0.3, 0.4) is 0 Å². The second-order valence-electron chi connectivity index (χ2n) is 3.35. The van der Waals surface area contributed by atoms with Gasteiger partial charge in [0.05, 0.1) is 0 Å². The van der Waals surface area contributed by atoms with E-state index >= 15 is 0 Å². The topological polar surface area (TPSA) is 0 Å². The predicted molar refractivity (Wildman–Crippen MR) is 53.4 cm³/mol. The molecule has 0 N–H and O–H groups in total. The molecule has 0 aliphatic heterocycles. The first-order valence-corrected chi connectivity index (χ1v) is 4.34. The molecule has 0 atom stereocenters. The van der Waals surface area contributed by atoms with Crippen LogP contribution in [0.1, 0.15) is 11.1 Å². The van der Waals surface area contributed by atoms with Gasteiger partial charge < -0.3 is 0 Å². The van der Waals surface area contributed by atoms with Crippen molar-refractivity contribution < 1.29 is 4.39 Å². The zero-order chi connectivity index (χ0) is 9.42. The third-order valence-electron chi connectivity index (χ3n) is 2.45. The number of hydrogen-bond acceptors (Lipinski definition) is 0. The van der Waals surface area contributed by atoms with Crippen molar-refractivity contribution in [3.63, 3.8) is 0 Å². The summed E-state index contributed by atoms with van der Waals surface area (Å²) in [6.45, 7) is 3.83. The van der Waals surface area contributed by atoms with Gasteiger partial charge in [0.25, 0.3) is 0 Å². The fraction of sp³-hybridized carbons (Fsp3) is 0.167. The van der Waals surface area contributed by atoms with Gasteiger partial charge in [-0.15, -0.1) is 0 Å². The third kappa shape index (κ3) is 1.21. The quantitative estimate of drug-likeness (QED) is 0.572. The Morgan fingerprint density at radius 3 is 2.54 bits per heavy atom. The maximum absolute atomic E-state index is 13.2. The van der Waals surface area contributed by atoms with Gasteiger partial charge in [-0.1, -0.05) is 24.3 Å². The lowest BCUT2D eigenvalue weighted by Crippen LogP contribution is -1.87. The molecule has 0 radical (unpaired) electrons. The van der Waals surface area contributed by atoms with Crippen LogP contribution in [0.2, 0.25) is 0 Å². The summed E-state index contributed by atoms with van der Waals surface area (Å²) in [6, 6.07) is 9.36. The van der Waals surface area contributed by atoms with Crippen molar-refractivity contribution >= 4 is 10.8 Å². The Bertz CT molecular complexity index is 458. The van der Waals surface area contributed by atoms with Crippen LogP contribution in [0, 0.1) is 19.7 Å². The lowest BCUT2D eigenvalue weighted by molar-refractivity contribution is 0.621. The maximum Gasteiger partial charge on any atom is 0.126 e. The van der Waals surface area contributed by atoms with Gasteiger partial charge in [0.1, 0.15) is 5.82 Å². The van der Waals surface area contributed by atoms with E-state index in [1.807, 2.05) is 38.1 Å². The van der Waals surface area contributed by atoms with Gasteiger partial charge in [0, 0.05) is 0 Å². The maximum atomic E-state index is 13.2. The Morgan fingerprint density at radius 1 is 1.00 bits per heavy atom. The lowest BCUT2D eigenvalue weighted by atomic mass is 10.0. The molecule has 0 aliphatic carbocycles. The average Bonchev–Trinajstić information content (AvgIpc) is 2.12. The molecule has 0 nitrogen and oxygen atoms in total. The summed E-state index contributed by atoms with van der Waals surface area (Å²) in [6.07, 6.45) is 0. The van der Waals surface area contributed by atoms with E-state index in [2.05, 4.69) is 0 Å². The van der Waals surface area contributed by atoms with Crippen molar-refractivity contribution in [2.24, 2.45) is 0 Å². The molecule has 2 aromatic carbocycles. The van der Waals surface area contributed by atoms with E-state index < -0.39 is 0 Å². The summed E-state index contributed by atoms with van der Waals surface area (Å²) < 4.78 is 13.2. The molecular formula is C12H11F. The molecule has 0 spiro atoms. The van der Waals surface area contributed by atoms with Crippen molar-refractivity contribution in [1.82, 2.24) is 0 Å². The van der Waals surface area contributed by atoms with Crippen molar-refractivity contribution in [1.29, 1.82) is 0 Å². The number of aryl methyl sites for hydroxylation is 2. The monoisotopic (exact) mass is 174 g/mol. The van der Waals surface area contributed by atoms with E-state index in [-0.39, 0.29) is 5.82 Å². The minimum absolute atomic E-state index is 0.123. The number of fused-ring (bicyclic) bond motifs is 1. The Kier molecular flexibility index (Phi) is 1.80. The van der Waals surface area contributed by atoms with Crippen LogP contribution >= 0.6 is 0 Å². The first-order chi connectivity index (χ1) is 6.20. The van der Waals surface area contributed by atoms with E-state index in [0.29, 0.717) is 0 Å². The van der Waals surface area contributed by atoms with Crippen molar-refractivity contribution in [2.75, 3.05) is 0 Å². The molecular weight excluding hydrogens is 163 g/mol. The normalized spacial score (nSPS) is 10.7. The Morgan fingerprint density at radius 2 is 1.77 bits per heavy atom. The van der Waals surface area contributed by atoms with Crippen LogP contribution in [0.15, 0.2) is 30.3 Å². The molecule has 0 unspecified atom stereocenters. The smallest absolute Gasteiger partial charge is 0.126 e. The molecule has 2 aromatic rings. The zero-order valence-corrected chi connectivity index (χ0v) is 7.76. The molecule has 0 amide bonds. The molecule has 0 fully saturated rings. The predicted octanol–water partition coefficient (Wildman–Crippen LogP) is 3.60. The molecule has 1 heteroatoms. The minimum atomic E-state index is -0.123. The lowest BCUT2D eigenvalue weighted by Gasteiger charge is -2.05. The number of rotatable bonds is 0. The second-order valence-corrected chi connectivity index (χ2v) is 3.35. The van der Waals surface area contributed by atoms with E-state index in [1.54, 1.807) is 0 Å². The molecule has 0 heterocycles. The highest BCUT2D eigenvalue weighted by Crippen LogP contribution is 2.23. The minimum Gasteiger partial charge on any atom is -0.207 e. The van der Waals surface area contributed by atoms with E-state index in [9.17, 15) is 4.39 Å². The highest BCUT2D eigenvalue weighted by Gasteiger charge is 2.03. The standard InChI is InChI=1S/C12H11F/c1-8-4-3-5-10-6-7-11(13)9(2)12(8)10/h3-7H,1-2H3. The van der Waals surface area contributed by atoms with E-state index in [4.69, 9.17) is 0 Å². The third-order valence-corrected chi connectivity index (χ3v) is 2.45. The van der Waals surface area contributed by atoms with Crippen LogP contribution in [0.5, 0.6) is 0 Å². The van der Waals surface area contributed by atoms with Crippen LogP contribution < -0.4 is 0 Å². The highest BCUT2D eigenvalue weighted by atomic mass is 19.1. The molecule has 0 bridgehead atoms. The zero-order valence-electron chi connectivity index (χ0n) is 7.76. The summed E-state index contributed by atoms with van der Waals surface area (Å²) in [7, 11) is 0. The van der Waals surface area contributed by atoms with Crippen LogP contribution in [-0.2, 0) is 0 Å². The Hall–Kier alpha value is -1.37. The van der Waals surface area contributed by atoms with Gasteiger partial charge in [-0.3, -0.25) is 0 Å². The van der Waals surface area contributed by atoms with Gasteiger partial charge in [-0.25, -0.2) is 4.39 Å². The van der Waals surface area contributed by atoms with Crippen LogP contribution in [0.25, 0.3) is 10.8 Å². The first-order valence-electron chi connectivity index (χ1n) is 4.34. The number of benzene rings is 2. The van der Waals surface area contributed by atoms with E-state index in [0.717, 1.165) is 21.9 Å². The highest BCUT2D eigenvalue weighted by molar-refractivity contribution is 5.88. The average molecular weight is 174 g/mol. The number of hydrogen-bond donors (Lipinski definition) is 0. The summed E-state index contributed by atoms with van der Waals surface area (Å²) in [5.41, 5.74) is 1.88. The molecule has 0 aromatic heterocycles. The van der Waals surface area contributed by atoms with Crippen LogP contribution in [-0.4, -0.2) is 0 Å². The second kappa shape index (κ2) is 2.84. The summed E-state index contributed by atoms with van der Waals surface area (Å²) >= 11 is 0. The van der Waals surface area contributed by atoms with Crippen molar-refractivity contribution in [3.05, 3.63) is 47.3 Å². The number of halogens is 1. The fourth-order valence-electron chi connectivity index (χ4n) is 1.75. The van der Waals surface area contributed by atoms with Gasteiger partial charge >= 0.3 is 0 Å². The summed E-state index contributed by atoms with van der Waals surface area (Å²) in [5.74, 6) is -0.123. The van der Waals surface area contributed by atoms with Gasteiger partial charge in [-0.2, -0.15) is 0 Å². The van der Waals surface area contributed by atoms with E-state index in [1.165, 1.54) is 6.07 Å². The molecule has 0 aliphatic rings.